The average Bonchev–Trinajstić information content (AvgIpc) is 2.17. The van der Waals surface area contributed by atoms with Crippen molar-refractivity contribution in [3.05, 3.63) is 29.8 Å². The number of hydrogen-bond acceptors (Lipinski definition) is 4. The fraction of sp³-hybridized carbons (Fsp3) is 0.300. The van der Waals surface area contributed by atoms with Crippen molar-refractivity contribution in [3.8, 4) is 0 Å². The summed E-state index contributed by atoms with van der Waals surface area (Å²) in [4.78, 5) is 9.57. The van der Waals surface area contributed by atoms with Crippen LogP contribution in [0.15, 0.2) is 29.2 Å². The minimum absolute atomic E-state index is 0.0278. The van der Waals surface area contributed by atoms with E-state index in [0.717, 1.165) is 0 Å². The average molecular weight is 261 g/mol. The first kappa shape index (κ1) is 15.4. The smallest absolute Gasteiger partial charge is 0.404 e. The van der Waals surface area contributed by atoms with Crippen molar-refractivity contribution in [1.82, 2.24) is 0 Å². The van der Waals surface area contributed by atoms with Crippen LogP contribution in [0.2, 0.25) is 0 Å². The number of rotatable bonds is 2. The molecule has 3 N–H and O–H groups in total. The maximum Gasteiger partial charge on any atom is 0.404 e. The molecule has 0 saturated carbocycles. The van der Waals surface area contributed by atoms with Crippen LogP contribution in [0.1, 0.15) is 12.5 Å². The molecule has 7 heteroatoms. The van der Waals surface area contributed by atoms with Gasteiger partial charge in [-0.25, -0.2) is 4.79 Å². The van der Waals surface area contributed by atoms with Crippen LogP contribution < -0.4 is 5.73 Å². The molecule has 0 saturated heterocycles. The lowest BCUT2D eigenvalue weighted by molar-refractivity contribution is 0.163. The molecule has 96 valence electrons. The molecule has 0 radical (unpaired) electrons. The normalized spacial score (nSPS) is 10.1. The van der Waals surface area contributed by atoms with E-state index in [-0.39, 0.29) is 4.90 Å². The Bertz CT molecular complexity index is 469. The van der Waals surface area contributed by atoms with Crippen LogP contribution in [0.4, 0.5) is 4.79 Å². The van der Waals surface area contributed by atoms with Gasteiger partial charge in [-0.05, 0) is 25.5 Å². The fourth-order valence-corrected chi connectivity index (χ4v) is 1.71. The second-order valence-corrected chi connectivity index (χ2v) is 4.38. The third-order valence-electron chi connectivity index (χ3n) is 1.66. The molecule has 1 aromatic rings. The molecule has 0 aliphatic carbocycles. The molecule has 0 bridgehead atoms. The molecule has 0 unspecified atom stereocenters. The van der Waals surface area contributed by atoms with E-state index in [0.29, 0.717) is 12.2 Å². The molecule has 0 heterocycles. The Labute approximate surface area is 100 Å². The van der Waals surface area contributed by atoms with Gasteiger partial charge < -0.3 is 10.5 Å². The molecule has 0 aliphatic rings. The first-order chi connectivity index (χ1) is 7.79. The standard InChI is InChI=1S/C7H8O3S.C3H7NO2/c1-6-4-2-3-5-7(6)11(8,9)10;1-2-6-3(4)5/h2-5H,1H3,(H,8,9,10);2H2,1H3,(H2,4,5). The van der Waals surface area contributed by atoms with Gasteiger partial charge in [0, 0.05) is 0 Å². The summed E-state index contributed by atoms with van der Waals surface area (Å²) >= 11 is 0. The van der Waals surface area contributed by atoms with Gasteiger partial charge in [-0.2, -0.15) is 8.42 Å². The zero-order chi connectivity index (χ0) is 13.5. The molecule has 0 aromatic heterocycles. The maximum absolute atomic E-state index is 10.6. The van der Waals surface area contributed by atoms with Crippen molar-refractivity contribution in [3.63, 3.8) is 0 Å². The van der Waals surface area contributed by atoms with Crippen LogP contribution in [0.3, 0.4) is 0 Å². The number of ether oxygens (including phenoxy) is 1. The highest BCUT2D eigenvalue weighted by molar-refractivity contribution is 7.85. The van der Waals surface area contributed by atoms with Crippen molar-refractivity contribution in [2.45, 2.75) is 18.7 Å². The lowest BCUT2D eigenvalue weighted by Crippen LogP contribution is -2.11. The number of hydrogen-bond donors (Lipinski definition) is 2. The minimum atomic E-state index is -4.03. The van der Waals surface area contributed by atoms with Gasteiger partial charge in [0.2, 0.25) is 0 Å². The van der Waals surface area contributed by atoms with Gasteiger partial charge in [-0.1, -0.05) is 18.2 Å². The largest absolute Gasteiger partial charge is 0.450 e. The van der Waals surface area contributed by atoms with E-state index < -0.39 is 16.2 Å². The predicted molar refractivity (Wildman–Crippen MR) is 62.2 cm³/mol. The molecule has 0 spiro atoms. The fourth-order valence-electron chi connectivity index (χ4n) is 0.988. The van der Waals surface area contributed by atoms with E-state index >= 15 is 0 Å². The Kier molecular flexibility index (Phi) is 6.22. The molecule has 6 nitrogen and oxygen atoms in total. The summed E-state index contributed by atoms with van der Waals surface area (Å²) in [6.07, 6.45) is -0.711. The van der Waals surface area contributed by atoms with Gasteiger partial charge in [0.1, 0.15) is 0 Å². The Morgan fingerprint density at radius 2 is 1.94 bits per heavy atom. The molecular weight excluding hydrogens is 246 g/mol. The number of benzene rings is 1. The molecular formula is C10H15NO5S. The first-order valence-corrected chi connectivity index (χ1v) is 6.18. The van der Waals surface area contributed by atoms with Gasteiger partial charge >= 0.3 is 6.09 Å². The van der Waals surface area contributed by atoms with E-state index in [1.54, 1.807) is 32.0 Å². The van der Waals surface area contributed by atoms with Crippen molar-refractivity contribution < 1.29 is 22.5 Å². The number of primary amides is 1. The molecule has 0 atom stereocenters. The third-order valence-corrected chi connectivity index (χ3v) is 2.67. The minimum Gasteiger partial charge on any atom is -0.450 e. The topological polar surface area (TPSA) is 107 Å². The summed E-state index contributed by atoms with van der Waals surface area (Å²) < 4.78 is 34.0. The van der Waals surface area contributed by atoms with Gasteiger partial charge in [0.15, 0.2) is 0 Å². The lowest BCUT2D eigenvalue weighted by Gasteiger charge is -1.99. The summed E-state index contributed by atoms with van der Waals surface area (Å²) in [7, 11) is -4.03. The zero-order valence-corrected chi connectivity index (χ0v) is 10.4. The highest BCUT2D eigenvalue weighted by Crippen LogP contribution is 2.12. The second-order valence-electron chi connectivity index (χ2n) is 2.99. The highest BCUT2D eigenvalue weighted by atomic mass is 32.2. The Morgan fingerprint density at radius 3 is 2.18 bits per heavy atom. The highest BCUT2D eigenvalue weighted by Gasteiger charge is 2.10. The monoisotopic (exact) mass is 261 g/mol. The Hall–Kier alpha value is -1.60. The zero-order valence-electron chi connectivity index (χ0n) is 9.58. The maximum atomic E-state index is 10.6. The molecule has 17 heavy (non-hydrogen) atoms. The summed E-state index contributed by atoms with van der Waals surface area (Å²) in [5, 5.41) is 0. The van der Waals surface area contributed by atoms with Gasteiger partial charge in [0.25, 0.3) is 10.1 Å². The predicted octanol–water partition coefficient (Wildman–Crippen LogP) is 1.34. The molecule has 1 aromatic carbocycles. The number of nitrogens with two attached hydrogens (primary N) is 1. The lowest BCUT2D eigenvalue weighted by atomic mass is 10.2. The number of aryl methyl sites for hydroxylation is 1. The van der Waals surface area contributed by atoms with Crippen LogP contribution in [0.25, 0.3) is 0 Å². The summed E-state index contributed by atoms with van der Waals surface area (Å²) in [6.45, 7) is 3.68. The third kappa shape index (κ3) is 6.54. The van der Waals surface area contributed by atoms with Crippen molar-refractivity contribution in [2.24, 2.45) is 5.73 Å². The molecule has 0 fully saturated rings. The van der Waals surface area contributed by atoms with Gasteiger partial charge in [-0.15, -0.1) is 0 Å². The van der Waals surface area contributed by atoms with Crippen molar-refractivity contribution in [1.29, 1.82) is 0 Å². The summed E-state index contributed by atoms with van der Waals surface area (Å²) in [5.74, 6) is 0. The summed E-state index contributed by atoms with van der Waals surface area (Å²) in [6, 6.07) is 6.27. The quantitative estimate of drug-likeness (QED) is 0.781. The summed E-state index contributed by atoms with van der Waals surface area (Å²) in [5.41, 5.74) is 5.09. The SMILES string of the molecule is CCOC(N)=O.Cc1ccccc1S(=O)(=O)O. The van der Waals surface area contributed by atoms with Crippen LogP contribution >= 0.6 is 0 Å². The van der Waals surface area contributed by atoms with E-state index in [1.807, 2.05) is 0 Å². The molecule has 1 amide bonds. The first-order valence-electron chi connectivity index (χ1n) is 4.74. The van der Waals surface area contributed by atoms with E-state index in [1.165, 1.54) is 6.07 Å². The molecule has 0 aliphatic heterocycles. The number of carbonyl (C=O) groups is 1. The van der Waals surface area contributed by atoms with Crippen LogP contribution in [0, 0.1) is 6.92 Å². The van der Waals surface area contributed by atoms with Crippen molar-refractivity contribution in [2.75, 3.05) is 6.61 Å². The van der Waals surface area contributed by atoms with E-state index in [9.17, 15) is 13.2 Å². The van der Waals surface area contributed by atoms with Crippen LogP contribution in [-0.4, -0.2) is 25.7 Å². The number of amides is 1. The van der Waals surface area contributed by atoms with Crippen LogP contribution in [-0.2, 0) is 14.9 Å². The number of carbonyl (C=O) groups excluding carboxylic acids is 1. The van der Waals surface area contributed by atoms with E-state index in [2.05, 4.69) is 10.5 Å². The Morgan fingerprint density at radius 1 is 1.41 bits per heavy atom. The van der Waals surface area contributed by atoms with Gasteiger partial charge in [-0.3, -0.25) is 4.55 Å². The second kappa shape index (κ2) is 6.87. The molecule has 1 rings (SSSR count). The van der Waals surface area contributed by atoms with E-state index in [4.69, 9.17) is 4.55 Å². The van der Waals surface area contributed by atoms with Gasteiger partial charge in [0.05, 0.1) is 11.5 Å². The van der Waals surface area contributed by atoms with Crippen LogP contribution in [0.5, 0.6) is 0 Å². The Balaban J connectivity index is 0.000000366. The van der Waals surface area contributed by atoms with Crippen molar-refractivity contribution >= 4 is 16.2 Å².